The van der Waals surface area contributed by atoms with E-state index in [0.29, 0.717) is 0 Å². The Labute approximate surface area is 156 Å². The summed E-state index contributed by atoms with van der Waals surface area (Å²) in [5.41, 5.74) is 16.7. The number of ether oxygens (including phenoxy) is 2. The highest BCUT2D eigenvalue weighted by Crippen LogP contribution is 2.66. The molecule has 1 aliphatic heterocycles. The first-order valence-corrected chi connectivity index (χ1v) is 11.2. The third kappa shape index (κ3) is 9.48. The van der Waals surface area contributed by atoms with Crippen LogP contribution in [0.2, 0.25) is 0 Å². The average Bonchev–Trinajstić information content (AvgIpc) is 2.82. The van der Waals surface area contributed by atoms with Gasteiger partial charge in [0.1, 0.15) is 14.0 Å². The van der Waals surface area contributed by atoms with Crippen molar-refractivity contribution < 1.29 is 55.9 Å². The summed E-state index contributed by atoms with van der Waals surface area (Å²) >= 11 is 0. The van der Waals surface area contributed by atoms with Crippen LogP contribution < -0.4 is 0 Å². The van der Waals surface area contributed by atoms with Crippen molar-refractivity contribution in [3.8, 4) is 0 Å². The molecule has 0 aromatic rings. The van der Waals surface area contributed by atoms with Crippen LogP contribution >= 0.6 is 23.5 Å². The molecule has 0 aliphatic carbocycles. The topological polar surface area (TPSA) is 276 Å². The van der Waals surface area contributed by atoms with Gasteiger partial charge in [-0.1, -0.05) is 10.2 Å². The molecule has 0 spiro atoms. The highest BCUT2D eigenvalue weighted by atomic mass is 31.3. The van der Waals surface area contributed by atoms with E-state index in [9.17, 15) is 18.6 Å². The van der Waals surface area contributed by atoms with Crippen molar-refractivity contribution in [2.75, 3.05) is 6.61 Å². The van der Waals surface area contributed by atoms with Crippen LogP contribution in [0.1, 0.15) is 6.42 Å². The summed E-state index contributed by atoms with van der Waals surface area (Å²) in [6.07, 6.45) is -3.97. The van der Waals surface area contributed by atoms with Gasteiger partial charge < -0.3 is 29.0 Å². The van der Waals surface area contributed by atoms with E-state index in [2.05, 4.69) is 33.2 Å². The summed E-state index contributed by atoms with van der Waals surface area (Å²) in [6, 6.07) is -0.961. The van der Waals surface area contributed by atoms with Crippen LogP contribution in [0.3, 0.4) is 0 Å². The first kappa shape index (κ1) is 25.1. The normalized spacial score (nSPS) is 27.6. The lowest BCUT2D eigenvalue weighted by atomic mass is 9.96. The Morgan fingerprint density at radius 3 is 2.18 bits per heavy atom. The molecule has 28 heavy (non-hydrogen) atoms. The third-order valence-corrected chi connectivity index (χ3v) is 6.45. The molecule has 18 nitrogen and oxygen atoms in total. The highest BCUT2D eigenvalue weighted by Gasteiger charge is 2.42. The fraction of sp³-hybridized carbons (Fsp3) is 1.00. The Morgan fingerprint density at radius 1 is 1.11 bits per heavy atom. The van der Waals surface area contributed by atoms with Gasteiger partial charge in [-0.2, -0.15) is 8.62 Å². The molecule has 0 amide bonds. The number of rotatable bonds is 11. The molecule has 156 valence electrons. The zero-order valence-electron chi connectivity index (χ0n) is 13.4. The van der Waals surface area contributed by atoms with Crippen molar-refractivity contribution in [2.45, 2.75) is 31.0 Å². The van der Waals surface area contributed by atoms with E-state index in [0.717, 1.165) is 0 Å². The van der Waals surface area contributed by atoms with Crippen molar-refractivity contribution in [2.24, 2.45) is 10.2 Å². The Balaban J connectivity index is 2.75. The van der Waals surface area contributed by atoms with Crippen LogP contribution in [0.5, 0.6) is 0 Å². The second-order valence-corrected chi connectivity index (χ2v) is 9.17. The Bertz CT molecular complexity index is 777. The molecule has 4 N–H and O–H groups in total. The molecular weight excluding hydrogens is 452 g/mol. The largest absolute Gasteiger partial charge is 0.490 e. The van der Waals surface area contributed by atoms with Gasteiger partial charge in [-0.05, 0) is 17.5 Å². The second-order valence-electron chi connectivity index (χ2n) is 4.75. The molecule has 2 radical (unpaired) electrons. The molecule has 1 heterocycles. The zero-order valence-corrected chi connectivity index (χ0v) is 16.1. The predicted molar refractivity (Wildman–Crippen MR) is 85.8 cm³/mol. The Hall–Kier alpha value is -0.985. The van der Waals surface area contributed by atoms with Crippen LogP contribution in [0.15, 0.2) is 10.2 Å². The van der Waals surface area contributed by atoms with Crippen LogP contribution in [0, 0.1) is 0 Å². The molecular formula is C6H12BN6O12P3. The van der Waals surface area contributed by atoms with Crippen molar-refractivity contribution in [1.29, 1.82) is 0 Å². The van der Waals surface area contributed by atoms with Gasteiger partial charge in [-0.25, -0.2) is 13.7 Å². The van der Waals surface area contributed by atoms with Gasteiger partial charge in [0.15, 0.2) is 0 Å². The first-order chi connectivity index (χ1) is 12.8. The minimum atomic E-state index is -5.67. The lowest BCUT2D eigenvalue weighted by Gasteiger charge is -2.22. The summed E-state index contributed by atoms with van der Waals surface area (Å²) in [7, 11) is -11.0. The molecule has 1 rings (SSSR count). The number of azide groups is 1. The van der Waals surface area contributed by atoms with Gasteiger partial charge in [0.25, 0.3) is 0 Å². The Morgan fingerprint density at radius 2 is 1.68 bits per heavy atom. The third-order valence-electron chi connectivity index (χ3n) is 2.64. The smallest absolute Gasteiger partial charge is 0.380 e. The summed E-state index contributed by atoms with van der Waals surface area (Å²) in [6.45, 7) is -0.846. The van der Waals surface area contributed by atoms with E-state index in [-0.39, 0.29) is 6.42 Å². The van der Waals surface area contributed by atoms with E-state index < -0.39 is 54.6 Å². The highest BCUT2D eigenvalue weighted by molar-refractivity contribution is 7.66. The molecule has 0 saturated carbocycles. The van der Waals surface area contributed by atoms with E-state index in [1.165, 1.54) is 0 Å². The van der Waals surface area contributed by atoms with Crippen molar-refractivity contribution in [3.63, 3.8) is 0 Å². The van der Waals surface area contributed by atoms with Gasteiger partial charge >= 0.3 is 23.5 Å². The number of nitrogens with zero attached hydrogens (tertiary/aromatic N) is 6. The second kappa shape index (κ2) is 10.2. The van der Waals surface area contributed by atoms with Gasteiger partial charge in [0, 0.05) is 15.8 Å². The summed E-state index contributed by atoms with van der Waals surface area (Å²) in [5, 5.41) is 6.08. The average molecular weight is 464 g/mol. The minimum absolute atomic E-state index is 0.0528. The molecule has 4 unspecified atom stereocenters. The van der Waals surface area contributed by atoms with Crippen molar-refractivity contribution in [1.82, 2.24) is 0 Å². The zero-order chi connectivity index (χ0) is 21.6. The summed E-state index contributed by atoms with van der Waals surface area (Å²) in [4.78, 5) is 40.1. The summed E-state index contributed by atoms with van der Waals surface area (Å²) in [5.74, 6) is 0. The molecule has 22 heteroatoms. The van der Waals surface area contributed by atoms with E-state index in [1.807, 2.05) is 0 Å². The molecule has 1 aliphatic rings. The van der Waals surface area contributed by atoms with Crippen LogP contribution in [0.25, 0.3) is 20.9 Å². The maximum absolute atomic E-state index is 11.7. The fourth-order valence-corrected chi connectivity index (χ4v) is 4.86. The maximum Gasteiger partial charge on any atom is 0.490 e. The molecule has 1 fully saturated rings. The van der Waals surface area contributed by atoms with Gasteiger partial charge in [0.2, 0.25) is 6.35 Å². The number of phosphoric acid groups is 3. The van der Waals surface area contributed by atoms with Gasteiger partial charge in [-0.15, -0.1) is 0 Å². The molecule has 5 atom stereocenters. The number of hydrogen-bond acceptors (Lipinski definition) is 10. The fourth-order valence-electron chi connectivity index (χ4n) is 1.83. The number of phosphoric ester groups is 1. The lowest BCUT2D eigenvalue weighted by Crippen LogP contribution is -2.31. The van der Waals surface area contributed by atoms with Crippen molar-refractivity contribution >= 4 is 31.3 Å². The van der Waals surface area contributed by atoms with Crippen LogP contribution in [-0.2, 0) is 36.3 Å². The van der Waals surface area contributed by atoms with E-state index >= 15 is 0 Å². The predicted octanol–water partition coefficient (Wildman–Crippen LogP) is 0.903. The van der Waals surface area contributed by atoms with Crippen LogP contribution in [0.4, 0.5) is 0 Å². The molecule has 0 aromatic heterocycles. The first-order valence-electron chi connectivity index (χ1n) is 6.70. The number of hydrogen-bond donors (Lipinski definition) is 4. The van der Waals surface area contributed by atoms with Gasteiger partial charge in [0.05, 0.1) is 12.7 Å². The molecule has 0 bridgehead atoms. The SMILES string of the molecule is [B]C1C[C@@H](OC(N=[N+]=[N-])N=[N+]=[N-])C(COP(=O)(O)OP(=O)(O)OP(=O)(O)O)O1. The minimum Gasteiger partial charge on any atom is -0.380 e. The van der Waals surface area contributed by atoms with E-state index in [4.69, 9.17) is 43.1 Å². The van der Waals surface area contributed by atoms with Gasteiger partial charge in [-0.3, -0.25) is 4.52 Å². The lowest BCUT2D eigenvalue weighted by molar-refractivity contribution is -0.0634. The Kier molecular flexibility index (Phi) is 9.10. The molecule has 0 aromatic carbocycles. The van der Waals surface area contributed by atoms with Crippen molar-refractivity contribution in [3.05, 3.63) is 20.9 Å². The monoisotopic (exact) mass is 464 g/mol. The van der Waals surface area contributed by atoms with Crippen LogP contribution in [-0.4, -0.2) is 58.6 Å². The maximum atomic E-state index is 11.7. The quantitative estimate of drug-likeness (QED) is 0.109. The summed E-state index contributed by atoms with van der Waals surface area (Å²) < 4.78 is 55.2. The van der Waals surface area contributed by atoms with E-state index in [1.54, 1.807) is 0 Å². The standard InChI is InChI=1S/C6H12BN6O12P3/c7-5-1-3(23-6(10-12-8)11-13-9)4(22-5)2-21-27(17,18)25-28(19,20)24-26(14,15)16/h3-6H,1-2H2,(H,17,18)(H,19,20)(H2,14,15,16)/t3-,4?,5?/m1/s1. The molecule has 1 saturated heterocycles.